The Morgan fingerprint density at radius 1 is 1.23 bits per heavy atom. The Morgan fingerprint density at radius 2 is 2.03 bits per heavy atom. The standard InChI is InChI=1S/C22H24N4O4/c1-29-20-6-4-16(10-21(20)30-2)12-24-22(28)18-9-15(11-23)3-5-19(18)25-17-7-8-26(13-17)14-27/h3-6,9-10,14,17,25H,7-8,12-13H2,1-2H3,(H,24,28)/t17-/m1/s1. The summed E-state index contributed by atoms with van der Waals surface area (Å²) in [4.78, 5) is 25.5. The number of methoxy groups -OCH3 is 2. The second-order valence-electron chi connectivity index (χ2n) is 6.97. The number of rotatable bonds is 8. The molecule has 0 bridgehead atoms. The molecule has 1 saturated heterocycles. The first kappa shape index (κ1) is 21.0. The summed E-state index contributed by atoms with van der Waals surface area (Å²) in [7, 11) is 3.12. The third kappa shape index (κ3) is 4.81. The molecule has 156 valence electrons. The van der Waals surface area contributed by atoms with Gasteiger partial charge in [0.25, 0.3) is 5.91 Å². The number of nitrogens with zero attached hydrogens (tertiary/aromatic N) is 2. The lowest BCUT2D eigenvalue weighted by Gasteiger charge is -2.18. The van der Waals surface area contributed by atoms with Gasteiger partial charge < -0.3 is 25.0 Å². The van der Waals surface area contributed by atoms with Crippen molar-refractivity contribution in [1.82, 2.24) is 10.2 Å². The van der Waals surface area contributed by atoms with Crippen molar-refractivity contribution < 1.29 is 19.1 Å². The molecule has 2 aromatic carbocycles. The van der Waals surface area contributed by atoms with E-state index < -0.39 is 0 Å². The second-order valence-corrected chi connectivity index (χ2v) is 6.97. The molecule has 0 saturated carbocycles. The zero-order chi connectivity index (χ0) is 21.5. The third-order valence-electron chi connectivity index (χ3n) is 5.02. The van der Waals surface area contributed by atoms with Crippen molar-refractivity contribution in [2.24, 2.45) is 0 Å². The normalized spacial score (nSPS) is 15.2. The van der Waals surface area contributed by atoms with Gasteiger partial charge in [-0.25, -0.2) is 0 Å². The van der Waals surface area contributed by atoms with Gasteiger partial charge in [0.1, 0.15) is 0 Å². The molecular formula is C22H24N4O4. The molecule has 8 nitrogen and oxygen atoms in total. The van der Waals surface area contributed by atoms with Crippen molar-refractivity contribution in [3.05, 3.63) is 53.1 Å². The Hall–Kier alpha value is -3.73. The number of ether oxygens (including phenoxy) is 2. The molecule has 2 aromatic rings. The summed E-state index contributed by atoms with van der Waals surface area (Å²) in [6.45, 7) is 1.55. The molecule has 0 aromatic heterocycles. The van der Waals surface area contributed by atoms with E-state index in [-0.39, 0.29) is 18.5 Å². The van der Waals surface area contributed by atoms with Gasteiger partial charge in [-0.1, -0.05) is 6.07 Å². The van der Waals surface area contributed by atoms with E-state index in [0.29, 0.717) is 41.4 Å². The molecule has 0 unspecified atom stereocenters. The van der Waals surface area contributed by atoms with Crippen LogP contribution in [0, 0.1) is 11.3 Å². The first-order chi connectivity index (χ1) is 14.6. The maximum Gasteiger partial charge on any atom is 0.253 e. The molecule has 0 radical (unpaired) electrons. The lowest BCUT2D eigenvalue weighted by molar-refractivity contribution is -0.117. The van der Waals surface area contributed by atoms with Gasteiger partial charge in [-0.2, -0.15) is 5.26 Å². The van der Waals surface area contributed by atoms with E-state index in [4.69, 9.17) is 9.47 Å². The summed E-state index contributed by atoms with van der Waals surface area (Å²) in [6.07, 6.45) is 1.63. The predicted octanol–water partition coefficient (Wildman–Crippen LogP) is 2.15. The Kier molecular flexibility index (Phi) is 6.75. The molecule has 3 rings (SSSR count). The molecule has 30 heavy (non-hydrogen) atoms. The minimum absolute atomic E-state index is 0.0561. The van der Waals surface area contributed by atoms with Crippen molar-refractivity contribution >= 4 is 18.0 Å². The molecule has 2 amide bonds. The van der Waals surface area contributed by atoms with Crippen molar-refractivity contribution in [2.45, 2.75) is 19.0 Å². The monoisotopic (exact) mass is 408 g/mol. The van der Waals surface area contributed by atoms with Crippen LogP contribution in [-0.4, -0.2) is 50.6 Å². The zero-order valence-electron chi connectivity index (χ0n) is 17.0. The molecule has 1 aliphatic rings. The van der Waals surface area contributed by atoms with Crippen LogP contribution in [0.3, 0.4) is 0 Å². The van der Waals surface area contributed by atoms with Crippen LogP contribution in [0.4, 0.5) is 5.69 Å². The number of amides is 2. The van der Waals surface area contributed by atoms with Crippen molar-refractivity contribution in [2.75, 3.05) is 32.6 Å². The highest BCUT2D eigenvalue weighted by Gasteiger charge is 2.23. The van der Waals surface area contributed by atoms with E-state index in [1.807, 2.05) is 6.07 Å². The molecule has 0 aliphatic carbocycles. The fourth-order valence-electron chi connectivity index (χ4n) is 3.42. The first-order valence-electron chi connectivity index (χ1n) is 9.57. The van der Waals surface area contributed by atoms with E-state index >= 15 is 0 Å². The maximum atomic E-state index is 12.9. The minimum Gasteiger partial charge on any atom is -0.493 e. The van der Waals surface area contributed by atoms with Crippen molar-refractivity contribution in [3.63, 3.8) is 0 Å². The maximum absolute atomic E-state index is 12.9. The van der Waals surface area contributed by atoms with Gasteiger partial charge >= 0.3 is 0 Å². The summed E-state index contributed by atoms with van der Waals surface area (Å²) >= 11 is 0. The minimum atomic E-state index is -0.297. The molecule has 8 heteroatoms. The Bertz CT molecular complexity index is 970. The summed E-state index contributed by atoms with van der Waals surface area (Å²) in [5.41, 5.74) is 2.28. The van der Waals surface area contributed by atoms with Crippen LogP contribution in [0.2, 0.25) is 0 Å². The molecular weight excluding hydrogens is 384 g/mol. The van der Waals surface area contributed by atoms with E-state index in [9.17, 15) is 14.9 Å². The third-order valence-corrected chi connectivity index (χ3v) is 5.02. The fourth-order valence-corrected chi connectivity index (χ4v) is 3.42. The number of hydrogen-bond donors (Lipinski definition) is 2. The topological polar surface area (TPSA) is 104 Å². The molecule has 1 aliphatic heterocycles. The number of carbonyl (C=O) groups excluding carboxylic acids is 2. The lowest BCUT2D eigenvalue weighted by atomic mass is 10.1. The van der Waals surface area contributed by atoms with Gasteiger partial charge in [0, 0.05) is 31.4 Å². The Morgan fingerprint density at radius 3 is 2.70 bits per heavy atom. The molecule has 0 spiro atoms. The number of anilines is 1. The van der Waals surface area contributed by atoms with Crippen LogP contribution in [-0.2, 0) is 11.3 Å². The SMILES string of the molecule is COc1ccc(CNC(=O)c2cc(C#N)ccc2N[C@@H]2CCN(C=O)C2)cc1OC. The van der Waals surface area contributed by atoms with Gasteiger partial charge in [0.15, 0.2) is 11.5 Å². The van der Waals surface area contributed by atoms with Crippen molar-refractivity contribution in [3.8, 4) is 17.6 Å². The number of hydrogen-bond acceptors (Lipinski definition) is 6. The smallest absolute Gasteiger partial charge is 0.253 e. The van der Waals surface area contributed by atoms with E-state index in [0.717, 1.165) is 18.4 Å². The van der Waals surface area contributed by atoms with Gasteiger partial charge in [0.05, 0.1) is 31.4 Å². The highest BCUT2D eigenvalue weighted by molar-refractivity contribution is 6.00. The van der Waals surface area contributed by atoms with Gasteiger partial charge in [0.2, 0.25) is 6.41 Å². The van der Waals surface area contributed by atoms with Gasteiger partial charge in [-0.3, -0.25) is 9.59 Å². The quantitative estimate of drug-likeness (QED) is 0.649. The highest BCUT2D eigenvalue weighted by Crippen LogP contribution is 2.27. The molecule has 1 fully saturated rings. The number of benzene rings is 2. The van der Waals surface area contributed by atoms with Gasteiger partial charge in [-0.15, -0.1) is 0 Å². The largest absolute Gasteiger partial charge is 0.493 e. The second kappa shape index (κ2) is 9.65. The summed E-state index contributed by atoms with van der Waals surface area (Å²) in [6, 6.07) is 12.5. The predicted molar refractivity (Wildman–Crippen MR) is 112 cm³/mol. The van der Waals surface area contributed by atoms with Crippen molar-refractivity contribution in [1.29, 1.82) is 5.26 Å². The Labute approximate surface area is 175 Å². The molecule has 2 N–H and O–H groups in total. The highest BCUT2D eigenvalue weighted by atomic mass is 16.5. The van der Waals surface area contributed by atoms with E-state index in [2.05, 4.69) is 16.7 Å². The van der Waals surface area contributed by atoms with E-state index in [1.165, 1.54) is 0 Å². The van der Waals surface area contributed by atoms with Crippen LogP contribution < -0.4 is 20.1 Å². The average Bonchev–Trinajstić information content (AvgIpc) is 3.25. The van der Waals surface area contributed by atoms with Crippen LogP contribution in [0.5, 0.6) is 11.5 Å². The Balaban J connectivity index is 1.74. The number of nitrogens with one attached hydrogen (secondary N) is 2. The summed E-state index contributed by atoms with van der Waals surface area (Å²) in [5, 5.41) is 15.4. The summed E-state index contributed by atoms with van der Waals surface area (Å²) < 4.78 is 10.5. The average molecular weight is 408 g/mol. The van der Waals surface area contributed by atoms with Crippen LogP contribution >= 0.6 is 0 Å². The number of likely N-dealkylation sites (tertiary alicyclic amines) is 1. The van der Waals surface area contributed by atoms with Crippen LogP contribution in [0.25, 0.3) is 0 Å². The van der Waals surface area contributed by atoms with Crippen LogP contribution in [0.1, 0.15) is 27.9 Å². The first-order valence-corrected chi connectivity index (χ1v) is 9.57. The molecule has 1 heterocycles. The van der Waals surface area contributed by atoms with Gasteiger partial charge in [-0.05, 0) is 42.3 Å². The number of nitriles is 1. The molecule has 1 atom stereocenters. The van der Waals surface area contributed by atoms with E-state index in [1.54, 1.807) is 49.5 Å². The van der Waals surface area contributed by atoms with Crippen LogP contribution in [0.15, 0.2) is 36.4 Å². The summed E-state index contributed by atoms with van der Waals surface area (Å²) in [5.74, 6) is 0.899. The number of carbonyl (C=O) groups is 2. The zero-order valence-corrected chi connectivity index (χ0v) is 17.0. The fraction of sp³-hybridized carbons (Fsp3) is 0.318. The lowest BCUT2D eigenvalue weighted by Crippen LogP contribution is -2.28.